The SMILES string of the molecule is COC(=O)NNc1ccc(C)cc1. The van der Waals surface area contributed by atoms with Crippen LogP contribution < -0.4 is 10.9 Å². The minimum Gasteiger partial charge on any atom is -0.452 e. The van der Waals surface area contributed by atoms with Crippen molar-refractivity contribution in [2.45, 2.75) is 6.92 Å². The van der Waals surface area contributed by atoms with Gasteiger partial charge in [0.05, 0.1) is 12.8 Å². The van der Waals surface area contributed by atoms with Crippen LogP contribution in [0, 0.1) is 6.92 Å². The number of methoxy groups -OCH3 is 1. The molecule has 4 nitrogen and oxygen atoms in total. The van der Waals surface area contributed by atoms with E-state index in [0.717, 1.165) is 5.69 Å². The fourth-order valence-electron chi connectivity index (χ4n) is 0.811. The van der Waals surface area contributed by atoms with E-state index in [0.29, 0.717) is 0 Å². The first-order valence-corrected chi connectivity index (χ1v) is 3.89. The second-order valence-corrected chi connectivity index (χ2v) is 2.61. The van der Waals surface area contributed by atoms with E-state index in [9.17, 15) is 4.79 Å². The van der Waals surface area contributed by atoms with Crippen LogP contribution >= 0.6 is 0 Å². The lowest BCUT2D eigenvalue weighted by Gasteiger charge is -2.06. The van der Waals surface area contributed by atoms with Crippen molar-refractivity contribution >= 4 is 11.8 Å². The molecule has 0 bridgehead atoms. The second kappa shape index (κ2) is 4.35. The Morgan fingerprint density at radius 2 is 1.92 bits per heavy atom. The van der Waals surface area contributed by atoms with Crippen LogP contribution in [0.2, 0.25) is 0 Å². The van der Waals surface area contributed by atoms with Crippen LogP contribution in [-0.2, 0) is 4.74 Å². The average molecular weight is 180 g/mol. The van der Waals surface area contributed by atoms with Crippen LogP contribution in [0.5, 0.6) is 0 Å². The van der Waals surface area contributed by atoms with Crippen LogP contribution in [0.4, 0.5) is 10.5 Å². The lowest BCUT2D eigenvalue weighted by Crippen LogP contribution is -2.28. The first-order valence-electron chi connectivity index (χ1n) is 3.89. The van der Waals surface area contributed by atoms with Crippen LogP contribution in [-0.4, -0.2) is 13.2 Å². The van der Waals surface area contributed by atoms with Crippen LogP contribution in [0.15, 0.2) is 24.3 Å². The molecule has 0 aliphatic carbocycles. The quantitative estimate of drug-likeness (QED) is 0.681. The first-order chi connectivity index (χ1) is 6.22. The van der Waals surface area contributed by atoms with E-state index < -0.39 is 6.09 Å². The summed E-state index contributed by atoms with van der Waals surface area (Å²) in [4.78, 5) is 10.7. The van der Waals surface area contributed by atoms with Crippen LogP contribution in [0.25, 0.3) is 0 Å². The van der Waals surface area contributed by atoms with Crippen molar-refractivity contribution in [3.63, 3.8) is 0 Å². The zero-order valence-corrected chi connectivity index (χ0v) is 7.63. The number of amides is 1. The summed E-state index contributed by atoms with van der Waals surface area (Å²) in [6.45, 7) is 2.00. The third kappa shape index (κ3) is 3.02. The van der Waals surface area contributed by atoms with Gasteiger partial charge in [-0.15, -0.1) is 0 Å². The van der Waals surface area contributed by atoms with Gasteiger partial charge in [-0.2, -0.15) is 0 Å². The van der Waals surface area contributed by atoms with E-state index >= 15 is 0 Å². The molecule has 1 amide bonds. The third-order valence-corrected chi connectivity index (χ3v) is 1.55. The Hall–Kier alpha value is -1.71. The fourth-order valence-corrected chi connectivity index (χ4v) is 0.811. The summed E-state index contributed by atoms with van der Waals surface area (Å²) < 4.78 is 4.38. The molecule has 4 heteroatoms. The van der Waals surface area contributed by atoms with Crippen molar-refractivity contribution in [1.82, 2.24) is 5.43 Å². The number of ether oxygens (including phenoxy) is 1. The van der Waals surface area contributed by atoms with Gasteiger partial charge in [-0.25, -0.2) is 10.2 Å². The number of benzene rings is 1. The predicted molar refractivity (Wildman–Crippen MR) is 50.3 cm³/mol. The number of hydrazine groups is 1. The lowest BCUT2D eigenvalue weighted by atomic mass is 10.2. The summed E-state index contributed by atoms with van der Waals surface area (Å²) in [5.74, 6) is 0. The molecule has 0 aliphatic heterocycles. The Kier molecular flexibility index (Phi) is 3.14. The molecule has 0 aliphatic rings. The van der Waals surface area contributed by atoms with Gasteiger partial charge in [0.25, 0.3) is 0 Å². The van der Waals surface area contributed by atoms with Gasteiger partial charge in [0.2, 0.25) is 0 Å². The van der Waals surface area contributed by atoms with Gasteiger partial charge in [0.1, 0.15) is 0 Å². The Morgan fingerprint density at radius 1 is 1.31 bits per heavy atom. The highest BCUT2D eigenvalue weighted by molar-refractivity contribution is 5.69. The van der Waals surface area contributed by atoms with Crippen LogP contribution in [0.3, 0.4) is 0 Å². The molecule has 1 aromatic carbocycles. The highest BCUT2D eigenvalue weighted by Crippen LogP contribution is 2.06. The molecule has 0 heterocycles. The van der Waals surface area contributed by atoms with Crippen molar-refractivity contribution in [3.05, 3.63) is 29.8 Å². The summed E-state index contributed by atoms with van der Waals surface area (Å²) >= 11 is 0. The van der Waals surface area contributed by atoms with Gasteiger partial charge < -0.3 is 4.74 Å². The standard InChI is InChI=1S/C9H12N2O2/c1-7-3-5-8(6-4-7)10-11-9(12)13-2/h3-6,10H,1-2H3,(H,11,12). The Bertz CT molecular complexity index is 282. The molecule has 0 fully saturated rings. The molecule has 0 atom stereocenters. The third-order valence-electron chi connectivity index (χ3n) is 1.55. The van der Waals surface area contributed by atoms with Gasteiger partial charge in [0.15, 0.2) is 0 Å². The van der Waals surface area contributed by atoms with Gasteiger partial charge >= 0.3 is 6.09 Å². The van der Waals surface area contributed by atoms with Crippen molar-refractivity contribution in [2.75, 3.05) is 12.5 Å². The van der Waals surface area contributed by atoms with Crippen LogP contribution in [0.1, 0.15) is 5.56 Å². The zero-order valence-electron chi connectivity index (χ0n) is 7.63. The highest BCUT2D eigenvalue weighted by atomic mass is 16.5. The molecule has 1 rings (SSSR count). The predicted octanol–water partition coefficient (Wildman–Crippen LogP) is 1.68. The minimum absolute atomic E-state index is 0.513. The summed E-state index contributed by atoms with van der Waals surface area (Å²) in [6.07, 6.45) is -0.513. The topological polar surface area (TPSA) is 50.4 Å². The van der Waals surface area contributed by atoms with E-state index in [2.05, 4.69) is 15.6 Å². The number of rotatable bonds is 2. The number of hydrogen-bond acceptors (Lipinski definition) is 3. The fraction of sp³-hybridized carbons (Fsp3) is 0.222. The summed E-state index contributed by atoms with van der Waals surface area (Å²) in [7, 11) is 1.31. The Balaban J connectivity index is 2.46. The van der Waals surface area contributed by atoms with E-state index in [4.69, 9.17) is 0 Å². The molecule has 13 heavy (non-hydrogen) atoms. The van der Waals surface area contributed by atoms with Crippen molar-refractivity contribution < 1.29 is 9.53 Å². The number of carbonyl (C=O) groups is 1. The van der Waals surface area contributed by atoms with Crippen molar-refractivity contribution in [3.8, 4) is 0 Å². The number of aryl methyl sites for hydroxylation is 1. The molecule has 0 radical (unpaired) electrons. The monoisotopic (exact) mass is 180 g/mol. The molecular formula is C9H12N2O2. The molecule has 2 N–H and O–H groups in total. The van der Waals surface area contributed by atoms with E-state index in [1.54, 1.807) is 0 Å². The molecule has 0 saturated carbocycles. The summed E-state index contributed by atoms with van der Waals surface area (Å²) in [6, 6.07) is 7.62. The molecule has 1 aromatic rings. The van der Waals surface area contributed by atoms with Crippen molar-refractivity contribution in [2.24, 2.45) is 0 Å². The molecule has 0 unspecified atom stereocenters. The minimum atomic E-state index is -0.513. The molecule has 70 valence electrons. The Labute approximate surface area is 76.9 Å². The first kappa shape index (κ1) is 9.38. The Morgan fingerprint density at radius 3 is 2.46 bits per heavy atom. The maximum absolute atomic E-state index is 10.7. The number of nitrogens with one attached hydrogen (secondary N) is 2. The zero-order chi connectivity index (χ0) is 9.68. The normalized spacial score (nSPS) is 9.08. The number of carbonyl (C=O) groups excluding carboxylic acids is 1. The van der Waals surface area contributed by atoms with E-state index in [1.807, 2.05) is 31.2 Å². The van der Waals surface area contributed by atoms with Gasteiger partial charge in [-0.05, 0) is 19.1 Å². The highest BCUT2D eigenvalue weighted by Gasteiger charge is 1.95. The summed E-state index contributed by atoms with van der Waals surface area (Å²) in [5, 5.41) is 0. The largest absolute Gasteiger partial charge is 0.452 e. The second-order valence-electron chi connectivity index (χ2n) is 2.61. The number of anilines is 1. The molecular weight excluding hydrogens is 168 g/mol. The maximum atomic E-state index is 10.7. The maximum Gasteiger partial charge on any atom is 0.425 e. The van der Waals surface area contributed by atoms with Gasteiger partial charge in [-0.1, -0.05) is 17.7 Å². The van der Waals surface area contributed by atoms with Crippen molar-refractivity contribution in [1.29, 1.82) is 0 Å². The number of hydrogen-bond donors (Lipinski definition) is 2. The lowest BCUT2D eigenvalue weighted by molar-refractivity contribution is 0.173. The summed E-state index contributed by atoms with van der Waals surface area (Å²) in [5.41, 5.74) is 7.04. The smallest absolute Gasteiger partial charge is 0.425 e. The van der Waals surface area contributed by atoms with E-state index in [1.165, 1.54) is 12.7 Å². The molecule has 0 spiro atoms. The van der Waals surface area contributed by atoms with E-state index in [-0.39, 0.29) is 0 Å². The van der Waals surface area contributed by atoms with Gasteiger partial charge in [0, 0.05) is 0 Å². The average Bonchev–Trinajstić information content (AvgIpc) is 2.16. The molecule has 0 aromatic heterocycles. The van der Waals surface area contributed by atoms with Gasteiger partial charge in [-0.3, -0.25) is 5.43 Å². The molecule has 0 saturated heterocycles.